The van der Waals surface area contributed by atoms with Crippen LogP contribution in [0.4, 0.5) is 0 Å². The van der Waals surface area contributed by atoms with Crippen molar-refractivity contribution < 1.29 is 4.84 Å². The van der Waals surface area contributed by atoms with Crippen molar-refractivity contribution >= 4 is 6.21 Å². The Kier molecular flexibility index (Phi) is 3.11. The second-order valence-corrected chi connectivity index (χ2v) is 3.50. The summed E-state index contributed by atoms with van der Waals surface area (Å²) in [6.45, 7) is 0. The van der Waals surface area contributed by atoms with E-state index in [1.165, 1.54) is 12.8 Å². The lowest BCUT2D eigenvalue weighted by Gasteiger charge is -2.04. The second-order valence-electron chi connectivity index (χ2n) is 3.50. The number of pyridine rings is 1. The molecule has 0 radical (unpaired) electrons. The number of oxime groups is 1. The molecule has 0 saturated heterocycles. The summed E-state index contributed by atoms with van der Waals surface area (Å²) in [6.07, 6.45) is 8.55. The van der Waals surface area contributed by atoms with Crippen molar-refractivity contribution in [3.8, 4) is 0 Å². The van der Waals surface area contributed by atoms with Crippen molar-refractivity contribution in [2.45, 2.75) is 31.8 Å². The molecule has 3 heteroatoms. The first kappa shape index (κ1) is 9.19. The summed E-state index contributed by atoms with van der Waals surface area (Å²) in [5.74, 6) is 0. The molecule has 1 saturated carbocycles. The summed E-state index contributed by atoms with van der Waals surface area (Å²) >= 11 is 0. The SMILES string of the molecule is C(=N\OC1CCCC1)/c1ccccn1. The van der Waals surface area contributed by atoms with E-state index in [2.05, 4.69) is 10.1 Å². The quantitative estimate of drug-likeness (QED) is 0.541. The molecule has 0 aromatic carbocycles. The molecule has 1 aliphatic carbocycles. The second kappa shape index (κ2) is 4.74. The van der Waals surface area contributed by atoms with Gasteiger partial charge in [-0.2, -0.15) is 0 Å². The van der Waals surface area contributed by atoms with E-state index in [1.54, 1.807) is 12.4 Å². The van der Waals surface area contributed by atoms with E-state index in [0.717, 1.165) is 18.5 Å². The Labute approximate surface area is 83.8 Å². The standard InChI is InChI=1S/C11H14N2O/c1-2-7-11(6-1)14-13-9-10-5-3-4-8-12-10/h3-5,8-9,11H,1-2,6-7H2/b13-9+. The zero-order valence-electron chi connectivity index (χ0n) is 8.10. The molecule has 2 rings (SSSR count). The lowest BCUT2D eigenvalue weighted by molar-refractivity contribution is 0.0657. The molecule has 0 amide bonds. The van der Waals surface area contributed by atoms with Gasteiger partial charge in [-0.15, -0.1) is 0 Å². The number of hydrogen-bond donors (Lipinski definition) is 0. The van der Waals surface area contributed by atoms with E-state index in [9.17, 15) is 0 Å². The van der Waals surface area contributed by atoms with Gasteiger partial charge >= 0.3 is 0 Å². The molecule has 1 aliphatic rings. The van der Waals surface area contributed by atoms with E-state index in [0.29, 0.717) is 6.10 Å². The molecule has 0 bridgehead atoms. The third-order valence-corrected chi connectivity index (χ3v) is 2.38. The van der Waals surface area contributed by atoms with E-state index < -0.39 is 0 Å². The zero-order valence-corrected chi connectivity index (χ0v) is 8.10. The van der Waals surface area contributed by atoms with Crippen LogP contribution in [0.2, 0.25) is 0 Å². The van der Waals surface area contributed by atoms with E-state index in [4.69, 9.17) is 4.84 Å². The average Bonchev–Trinajstić information content (AvgIpc) is 2.72. The minimum absolute atomic E-state index is 0.329. The lowest BCUT2D eigenvalue weighted by Crippen LogP contribution is -2.02. The van der Waals surface area contributed by atoms with Crippen LogP contribution in [0.5, 0.6) is 0 Å². The fourth-order valence-electron chi connectivity index (χ4n) is 1.62. The summed E-state index contributed by atoms with van der Waals surface area (Å²) in [7, 11) is 0. The first-order valence-corrected chi connectivity index (χ1v) is 5.05. The minimum Gasteiger partial charge on any atom is -0.392 e. The monoisotopic (exact) mass is 190 g/mol. The summed E-state index contributed by atoms with van der Waals surface area (Å²) in [5, 5.41) is 3.94. The van der Waals surface area contributed by atoms with Gasteiger partial charge in [0.1, 0.15) is 6.10 Å². The summed E-state index contributed by atoms with van der Waals surface area (Å²) < 4.78 is 0. The Hall–Kier alpha value is -1.38. The maximum Gasteiger partial charge on any atom is 0.127 e. The number of nitrogens with zero attached hydrogens (tertiary/aromatic N) is 2. The summed E-state index contributed by atoms with van der Waals surface area (Å²) in [5.41, 5.74) is 0.838. The normalized spacial score (nSPS) is 17.7. The number of aromatic nitrogens is 1. The largest absolute Gasteiger partial charge is 0.392 e. The Morgan fingerprint density at radius 2 is 2.21 bits per heavy atom. The van der Waals surface area contributed by atoms with Crippen molar-refractivity contribution in [3.05, 3.63) is 30.1 Å². The third kappa shape index (κ3) is 2.55. The predicted molar refractivity (Wildman–Crippen MR) is 55.2 cm³/mol. The number of rotatable bonds is 3. The third-order valence-electron chi connectivity index (χ3n) is 2.38. The zero-order chi connectivity index (χ0) is 9.64. The highest BCUT2D eigenvalue weighted by molar-refractivity contribution is 5.76. The highest BCUT2D eigenvalue weighted by Gasteiger charge is 2.15. The van der Waals surface area contributed by atoms with Crippen molar-refractivity contribution in [1.82, 2.24) is 4.98 Å². The van der Waals surface area contributed by atoms with Crippen LogP contribution < -0.4 is 0 Å². The van der Waals surface area contributed by atoms with Crippen LogP contribution in [0.1, 0.15) is 31.4 Å². The molecule has 3 nitrogen and oxygen atoms in total. The summed E-state index contributed by atoms with van der Waals surface area (Å²) in [6, 6.07) is 5.72. The Balaban J connectivity index is 1.82. The van der Waals surface area contributed by atoms with Crippen LogP contribution in [-0.2, 0) is 4.84 Å². The molecule has 1 heterocycles. The van der Waals surface area contributed by atoms with E-state index >= 15 is 0 Å². The molecule has 14 heavy (non-hydrogen) atoms. The van der Waals surface area contributed by atoms with Gasteiger partial charge < -0.3 is 4.84 Å². The van der Waals surface area contributed by atoms with Crippen LogP contribution >= 0.6 is 0 Å². The fourth-order valence-corrected chi connectivity index (χ4v) is 1.62. The van der Waals surface area contributed by atoms with Gasteiger partial charge in [0.15, 0.2) is 0 Å². The van der Waals surface area contributed by atoms with Crippen molar-refractivity contribution in [3.63, 3.8) is 0 Å². The average molecular weight is 190 g/mol. The molecule has 74 valence electrons. The molecule has 1 aromatic rings. The van der Waals surface area contributed by atoms with Gasteiger partial charge in [-0.3, -0.25) is 4.98 Å². The fraction of sp³-hybridized carbons (Fsp3) is 0.455. The maximum atomic E-state index is 5.34. The predicted octanol–water partition coefficient (Wildman–Crippen LogP) is 2.37. The smallest absolute Gasteiger partial charge is 0.127 e. The van der Waals surface area contributed by atoms with Crippen LogP contribution in [0, 0.1) is 0 Å². The first-order valence-electron chi connectivity index (χ1n) is 5.05. The van der Waals surface area contributed by atoms with E-state index in [1.807, 2.05) is 18.2 Å². The van der Waals surface area contributed by atoms with Crippen LogP contribution in [-0.4, -0.2) is 17.3 Å². The molecule has 1 fully saturated rings. The maximum absolute atomic E-state index is 5.34. The molecule has 0 spiro atoms. The van der Waals surface area contributed by atoms with Crippen LogP contribution in [0.25, 0.3) is 0 Å². The van der Waals surface area contributed by atoms with Gasteiger partial charge in [-0.05, 0) is 37.8 Å². The minimum atomic E-state index is 0.329. The molecule has 0 N–H and O–H groups in total. The Morgan fingerprint density at radius 1 is 1.36 bits per heavy atom. The summed E-state index contributed by atoms with van der Waals surface area (Å²) in [4.78, 5) is 9.45. The molecular formula is C11H14N2O. The van der Waals surface area contributed by atoms with Crippen molar-refractivity contribution in [2.24, 2.45) is 5.16 Å². The first-order chi connectivity index (χ1) is 6.95. The van der Waals surface area contributed by atoms with E-state index in [-0.39, 0.29) is 0 Å². The molecule has 0 atom stereocenters. The van der Waals surface area contributed by atoms with Gasteiger partial charge in [-0.1, -0.05) is 11.2 Å². The molecule has 1 aromatic heterocycles. The van der Waals surface area contributed by atoms with Gasteiger partial charge in [0.2, 0.25) is 0 Å². The van der Waals surface area contributed by atoms with Gasteiger partial charge in [0.05, 0.1) is 11.9 Å². The Bertz CT molecular complexity index is 291. The van der Waals surface area contributed by atoms with Gasteiger partial charge in [0, 0.05) is 6.20 Å². The highest BCUT2D eigenvalue weighted by Crippen LogP contribution is 2.20. The highest BCUT2D eigenvalue weighted by atomic mass is 16.6. The van der Waals surface area contributed by atoms with Gasteiger partial charge in [-0.25, -0.2) is 0 Å². The molecular weight excluding hydrogens is 176 g/mol. The molecule has 0 unspecified atom stereocenters. The Morgan fingerprint density at radius 3 is 2.93 bits per heavy atom. The lowest BCUT2D eigenvalue weighted by atomic mass is 10.3. The van der Waals surface area contributed by atoms with Crippen LogP contribution in [0.15, 0.2) is 29.6 Å². The van der Waals surface area contributed by atoms with Crippen molar-refractivity contribution in [2.75, 3.05) is 0 Å². The van der Waals surface area contributed by atoms with Gasteiger partial charge in [0.25, 0.3) is 0 Å². The molecule has 0 aliphatic heterocycles. The topological polar surface area (TPSA) is 34.5 Å². The number of hydrogen-bond acceptors (Lipinski definition) is 3. The van der Waals surface area contributed by atoms with Crippen LogP contribution in [0.3, 0.4) is 0 Å². The van der Waals surface area contributed by atoms with Crippen molar-refractivity contribution in [1.29, 1.82) is 0 Å².